The molecule has 3 heterocycles. The summed E-state index contributed by atoms with van der Waals surface area (Å²) in [6.45, 7) is 5.39. The number of piperazine rings is 1. The Morgan fingerprint density at radius 2 is 1.84 bits per heavy atom. The van der Waals surface area contributed by atoms with Crippen molar-refractivity contribution in [3.05, 3.63) is 30.5 Å². The van der Waals surface area contributed by atoms with E-state index in [0.29, 0.717) is 26.3 Å². The molecule has 8 heteroatoms. The molecule has 2 aliphatic rings. The number of hydrogen-bond acceptors (Lipinski definition) is 6. The summed E-state index contributed by atoms with van der Waals surface area (Å²) in [6.07, 6.45) is 1.48. The molecule has 1 N–H and O–H groups in total. The second-order valence-electron chi connectivity index (χ2n) is 6.27. The number of sulfonamides is 1. The molecule has 0 unspecified atom stereocenters. The number of hydrogen-bond donors (Lipinski definition) is 1. The van der Waals surface area contributed by atoms with E-state index >= 15 is 0 Å². The first-order valence-electron chi connectivity index (χ1n) is 8.58. The zero-order valence-electron chi connectivity index (χ0n) is 14.0. The first kappa shape index (κ1) is 16.7. The molecule has 0 saturated carbocycles. The molecule has 2 aromatic rings. The van der Waals surface area contributed by atoms with Gasteiger partial charge in [0.2, 0.25) is 10.0 Å². The molecule has 2 fully saturated rings. The first-order chi connectivity index (χ1) is 12.2. The molecule has 7 nitrogen and oxygen atoms in total. The van der Waals surface area contributed by atoms with Crippen LogP contribution in [0.3, 0.4) is 0 Å². The average Bonchev–Trinajstić information content (AvgIpc) is 2.68. The summed E-state index contributed by atoms with van der Waals surface area (Å²) in [5.74, 6) is 0. The third-order valence-corrected chi connectivity index (χ3v) is 6.59. The Labute approximate surface area is 147 Å². The predicted molar refractivity (Wildman–Crippen MR) is 96.4 cm³/mol. The molecule has 1 aromatic heterocycles. The molecular formula is C17H22N4O3S. The lowest BCUT2D eigenvalue weighted by Crippen LogP contribution is -2.43. The molecule has 25 heavy (non-hydrogen) atoms. The lowest BCUT2D eigenvalue weighted by molar-refractivity contribution is 0.0730. The van der Waals surface area contributed by atoms with Crippen molar-refractivity contribution in [2.24, 2.45) is 0 Å². The minimum absolute atomic E-state index is 0.249. The number of para-hydroxylation sites is 1. The van der Waals surface area contributed by atoms with Crippen LogP contribution in [0.15, 0.2) is 35.4 Å². The quantitative estimate of drug-likeness (QED) is 0.865. The Kier molecular flexibility index (Phi) is 4.60. The van der Waals surface area contributed by atoms with E-state index in [1.807, 2.05) is 12.1 Å². The molecule has 4 rings (SSSR count). The summed E-state index contributed by atoms with van der Waals surface area (Å²) < 4.78 is 32.4. The Balaban J connectivity index is 1.71. The van der Waals surface area contributed by atoms with E-state index in [4.69, 9.17) is 4.74 Å². The molecule has 0 atom stereocenters. The number of anilines is 1. The number of nitrogens with one attached hydrogen (secondary N) is 1. The highest BCUT2D eigenvalue weighted by molar-refractivity contribution is 7.89. The van der Waals surface area contributed by atoms with Crippen LogP contribution in [0.2, 0.25) is 0 Å². The molecule has 0 radical (unpaired) electrons. The van der Waals surface area contributed by atoms with E-state index in [-0.39, 0.29) is 4.90 Å². The lowest BCUT2D eigenvalue weighted by Gasteiger charge is -2.30. The van der Waals surface area contributed by atoms with Crippen LogP contribution < -0.4 is 10.2 Å². The van der Waals surface area contributed by atoms with Crippen molar-refractivity contribution < 1.29 is 13.2 Å². The molecule has 2 saturated heterocycles. The summed E-state index contributed by atoms with van der Waals surface area (Å²) >= 11 is 0. The van der Waals surface area contributed by atoms with Crippen LogP contribution in [0.5, 0.6) is 0 Å². The van der Waals surface area contributed by atoms with E-state index in [2.05, 4.69) is 21.3 Å². The van der Waals surface area contributed by atoms with Crippen molar-refractivity contribution in [1.29, 1.82) is 0 Å². The van der Waals surface area contributed by atoms with Gasteiger partial charge in [0.05, 0.1) is 24.4 Å². The number of benzene rings is 1. The van der Waals surface area contributed by atoms with Gasteiger partial charge >= 0.3 is 0 Å². The van der Waals surface area contributed by atoms with Crippen LogP contribution >= 0.6 is 0 Å². The van der Waals surface area contributed by atoms with Crippen LogP contribution in [0.4, 0.5) is 5.69 Å². The topological polar surface area (TPSA) is 74.8 Å². The van der Waals surface area contributed by atoms with Crippen LogP contribution in [-0.2, 0) is 14.8 Å². The minimum Gasteiger partial charge on any atom is -0.379 e. The van der Waals surface area contributed by atoms with Gasteiger partial charge in [0.25, 0.3) is 0 Å². The van der Waals surface area contributed by atoms with Crippen molar-refractivity contribution in [3.8, 4) is 0 Å². The fourth-order valence-electron chi connectivity index (χ4n) is 3.36. The molecule has 0 aliphatic carbocycles. The first-order valence-corrected chi connectivity index (χ1v) is 10.0. The normalized spacial score (nSPS) is 20.1. The molecule has 134 valence electrons. The zero-order chi connectivity index (χ0) is 17.3. The van der Waals surface area contributed by atoms with E-state index in [1.54, 1.807) is 6.07 Å². The number of rotatable bonds is 3. The number of fused-ring (bicyclic) bond motifs is 1. The van der Waals surface area contributed by atoms with Gasteiger partial charge in [-0.2, -0.15) is 4.31 Å². The van der Waals surface area contributed by atoms with Gasteiger partial charge in [0.15, 0.2) is 0 Å². The van der Waals surface area contributed by atoms with Crippen molar-refractivity contribution in [2.45, 2.75) is 4.90 Å². The number of nitrogens with zero attached hydrogens (tertiary/aromatic N) is 3. The predicted octanol–water partition coefficient (Wildman–Crippen LogP) is 0.665. The highest BCUT2D eigenvalue weighted by Gasteiger charge is 2.27. The minimum atomic E-state index is -3.52. The Hall–Kier alpha value is -1.74. The molecule has 0 bridgehead atoms. The second-order valence-corrected chi connectivity index (χ2v) is 8.21. The average molecular weight is 362 g/mol. The molecular weight excluding hydrogens is 340 g/mol. The summed E-state index contributed by atoms with van der Waals surface area (Å²) in [7, 11) is -3.52. The van der Waals surface area contributed by atoms with E-state index in [1.165, 1.54) is 10.5 Å². The third kappa shape index (κ3) is 3.22. The summed E-state index contributed by atoms with van der Waals surface area (Å²) in [4.78, 5) is 7.06. The lowest BCUT2D eigenvalue weighted by atomic mass is 10.1. The fourth-order valence-corrected chi connectivity index (χ4v) is 4.75. The standard InChI is InChI=1S/C17H22N4O3S/c22-25(23,21-8-10-24-11-9-21)15-12-14-2-1-3-16(17(14)19-13-15)20-6-4-18-5-7-20/h1-3,12-13,18H,4-11H2. The Morgan fingerprint density at radius 1 is 1.08 bits per heavy atom. The highest BCUT2D eigenvalue weighted by atomic mass is 32.2. The maximum atomic E-state index is 12.8. The summed E-state index contributed by atoms with van der Waals surface area (Å²) in [6, 6.07) is 7.68. The summed E-state index contributed by atoms with van der Waals surface area (Å²) in [5, 5.41) is 4.19. The SMILES string of the molecule is O=S(=O)(c1cnc2c(N3CCNCC3)cccc2c1)N1CCOCC1. The van der Waals surface area contributed by atoms with Gasteiger partial charge in [-0.15, -0.1) is 0 Å². The second kappa shape index (κ2) is 6.87. The molecule has 1 aromatic carbocycles. The largest absolute Gasteiger partial charge is 0.379 e. The van der Waals surface area contributed by atoms with Crippen LogP contribution in [0.1, 0.15) is 0 Å². The maximum absolute atomic E-state index is 12.8. The fraction of sp³-hybridized carbons (Fsp3) is 0.471. The monoisotopic (exact) mass is 362 g/mol. The zero-order valence-corrected chi connectivity index (χ0v) is 14.8. The van der Waals surface area contributed by atoms with Gasteiger partial charge in [0.1, 0.15) is 4.90 Å². The van der Waals surface area contributed by atoms with Crippen LogP contribution in [-0.4, -0.2) is 70.2 Å². The third-order valence-electron chi connectivity index (χ3n) is 4.73. The molecule has 0 amide bonds. The number of pyridine rings is 1. The Morgan fingerprint density at radius 3 is 2.60 bits per heavy atom. The van der Waals surface area contributed by atoms with Gasteiger partial charge in [-0.3, -0.25) is 4.98 Å². The Bertz CT molecular complexity index is 859. The van der Waals surface area contributed by atoms with Gasteiger partial charge < -0.3 is 15.0 Å². The summed E-state index contributed by atoms with van der Waals surface area (Å²) in [5.41, 5.74) is 1.92. The van der Waals surface area contributed by atoms with Crippen molar-refractivity contribution in [1.82, 2.24) is 14.6 Å². The van der Waals surface area contributed by atoms with Crippen LogP contribution in [0.25, 0.3) is 10.9 Å². The van der Waals surface area contributed by atoms with E-state index in [0.717, 1.165) is 42.8 Å². The van der Waals surface area contributed by atoms with Gasteiger partial charge in [-0.1, -0.05) is 12.1 Å². The number of ether oxygens (including phenoxy) is 1. The van der Waals surface area contributed by atoms with Gasteiger partial charge in [-0.25, -0.2) is 8.42 Å². The smallest absolute Gasteiger partial charge is 0.244 e. The number of morpholine rings is 1. The van der Waals surface area contributed by atoms with Crippen LogP contribution in [0, 0.1) is 0 Å². The molecule has 0 spiro atoms. The van der Waals surface area contributed by atoms with Gasteiger partial charge in [0, 0.05) is 50.9 Å². The maximum Gasteiger partial charge on any atom is 0.244 e. The molecule has 2 aliphatic heterocycles. The van der Waals surface area contributed by atoms with Crippen molar-refractivity contribution >= 4 is 26.6 Å². The van der Waals surface area contributed by atoms with Crippen molar-refractivity contribution in [3.63, 3.8) is 0 Å². The van der Waals surface area contributed by atoms with E-state index in [9.17, 15) is 8.42 Å². The highest BCUT2D eigenvalue weighted by Crippen LogP contribution is 2.28. The van der Waals surface area contributed by atoms with Crippen molar-refractivity contribution in [2.75, 3.05) is 57.4 Å². The van der Waals surface area contributed by atoms with E-state index < -0.39 is 10.0 Å². The van der Waals surface area contributed by atoms with Gasteiger partial charge in [-0.05, 0) is 12.1 Å². The number of aromatic nitrogens is 1.